The van der Waals surface area contributed by atoms with Gasteiger partial charge in [-0.1, -0.05) is 48.5 Å². The average molecular weight is 383 g/mol. The van der Waals surface area contributed by atoms with Crippen LogP contribution in [-0.2, 0) is 25.9 Å². The Morgan fingerprint density at radius 2 is 0.913 bits per heavy atom. The SMILES string of the molecule is [CH-]=O.[Mo].c1ccc2ncccc2c1.c1ccc2ncccc2c1. The molecule has 2 aromatic carbocycles. The number of hydrogen-bond donors (Lipinski definition) is 0. The molecule has 0 fully saturated rings. The summed E-state index contributed by atoms with van der Waals surface area (Å²) in [5, 5.41) is 2.40. The van der Waals surface area contributed by atoms with Crippen LogP contribution in [0.5, 0.6) is 0 Å². The number of aromatic nitrogens is 2. The normalized spacial score (nSPS) is 8.87. The van der Waals surface area contributed by atoms with Crippen molar-refractivity contribution in [1.82, 2.24) is 9.97 Å². The smallest absolute Gasteiger partial charge is 0.0701 e. The Kier molecular flexibility index (Phi) is 8.41. The van der Waals surface area contributed by atoms with E-state index in [9.17, 15) is 0 Å². The van der Waals surface area contributed by atoms with Gasteiger partial charge in [0.25, 0.3) is 0 Å². The van der Waals surface area contributed by atoms with E-state index >= 15 is 0 Å². The van der Waals surface area contributed by atoms with Crippen LogP contribution in [-0.4, -0.2) is 16.8 Å². The standard InChI is InChI=1S/2C9H7N.CHO.Mo/c2*1-2-6-9-8(4-1)5-3-7-10-9;1-2;/h2*1-7H;1H;/q;;-1;. The molecule has 2 heterocycles. The van der Waals surface area contributed by atoms with Crippen LogP contribution in [0.25, 0.3) is 21.8 Å². The van der Waals surface area contributed by atoms with E-state index in [1.807, 2.05) is 60.9 Å². The van der Waals surface area contributed by atoms with Gasteiger partial charge in [0.2, 0.25) is 0 Å². The second kappa shape index (κ2) is 10.4. The molecule has 4 rings (SSSR count). The number of fused-ring (bicyclic) bond motifs is 2. The molecule has 0 unspecified atom stereocenters. The molecule has 0 aliphatic carbocycles. The fourth-order valence-corrected chi connectivity index (χ4v) is 2.03. The van der Waals surface area contributed by atoms with Crippen LogP contribution >= 0.6 is 0 Å². The summed E-state index contributed by atoms with van der Waals surface area (Å²) >= 11 is 0. The molecule has 4 heteroatoms. The van der Waals surface area contributed by atoms with Crippen molar-refractivity contribution >= 4 is 28.6 Å². The van der Waals surface area contributed by atoms with Gasteiger partial charge in [-0.05, 0) is 24.3 Å². The summed E-state index contributed by atoms with van der Waals surface area (Å²) in [5.74, 6) is 0. The summed E-state index contributed by atoms with van der Waals surface area (Å²) in [5.41, 5.74) is 2.12. The Balaban J connectivity index is 0.000000200. The summed E-state index contributed by atoms with van der Waals surface area (Å²) in [7, 11) is 0. The van der Waals surface area contributed by atoms with E-state index in [1.54, 1.807) is 0 Å². The number of carbonyl (C=O) groups excluding carboxylic acids is 1. The fourth-order valence-electron chi connectivity index (χ4n) is 2.03. The van der Waals surface area contributed by atoms with E-state index in [0.29, 0.717) is 0 Å². The van der Waals surface area contributed by atoms with E-state index in [-0.39, 0.29) is 21.1 Å². The molecule has 114 valence electrons. The molecule has 0 atom stereocenters. The van der Waals surface area contributed by atoms with Gasteiger partial charge < -0.3 is 4.79 Å². The minimum Gasteiger partial charge on any atom is -0.545 e. The molecule has 0 saturated carbocycles. The second-order valence-corrected chi connectivity index (χ2v) is 4.39. The molecule has 0 bridgehead atoms. The molecular formula is C19H15MoN2O-. The summed E-state index contributed by atoms with van der Waals surface area (Å²) in [6.07, 6.45) is 3.62. The van der Waals surface area contributed by atoms with Crippen molar-refractivity contribution in [3.63, 3.8) is 0 Å². The van der Waals surface area contributed by atoms with Gasteiger partial charge >= 0.3 is 0 Å². The molecule has 0 aliphatic rings. The number of para-hydroxylation sites is 2. The van der Waals surface area contributed by atoms with Crippen molar-refractivity contribution in [3.05, 3.63) is 85.2 Å². The zero-order chi connectivity index (χ0) is 15.6. The monoisotopic (exact) mass is 385 g/mol. The number of rotatable bonds is 0. The number of nitrogens with zero attached hydrogens (tertiary/aromatic N) is 2. The fraction of sp³-hybridized carbons (Fsp3) is 0. The number of pyridine rings is 2. The van der Waals surface area contributed by atoms with Crippen LogP contribution in [0.4, 0.5) is 0 Å². The predicted octanol–water partition coefficient (Wildman–Crippen LogP) is 4.19. The third-order valence-corrected chi connectivity index (χ3v) is 3.02. The minimum absolute atomic E-state index is 0. The second-order valence-electron chi connectivity index (χ2n) is 4.39. The minimum atomic E-state index is 0. The van der Waals surface area contributed by atoms with Crippen molar-refractivity contribution in [1.29, 1.82) is 0 Å². The van der Waals surface area contributed by atoms with Crippen molar-refractivity contribution in [2.45, 2.75) is 0 Å². The van der Waals surface area contributed by atoms with Gasteiger partial charge in [0.15, 0.2) is 0 Å². The summed E-state index contributed by atoms with van der Waals surface area (Å²) in [4.78, 5) is 16.1. The van der Waals surface area contributed by atoms with Gasteiger partial charge in [-0.25, -0.2) is 0 Å². The van der Waals surface area contributed by atoms with Crippen LogP contribution in [0.3, 0.4) is 0 Å². The van der Waals surface area contributed by atoms with Crippen LogP contribution in [0.2, 0.25) is 0 Å². The van der Waals surface area contributed by atoms with Crippen molar-refractivity contribution in [2.75, 3.05) is 0 Å². The van der Waals surface area contributed by atoms with Crippen molar-refractivity contribution in [2.24, 2.45) is 0 Å². The average Bonchev–Trinajstić information content (AvgIpc) is 2.64. The Morgan fingerprint density at radius 3 is 1.30 bits per heavy atom. The summed E-state index contributed by atoms with van der Waals surface area (Å²) in [6, 6.07) is 24.2. The molecule has 23 heavy (non-hydrogen) atoms. The van der Waals surface area contributed by atoms with Gasteiger partial charge in [0.1, 0.15) is 0 Å². The zero-order valence-corrected chi connectivity index (χ0v) is 14.4. The Bertz CT molecular complexity index is 650. The zero-order valence-electron chi connectivity index (χ0n) is 12.4. The maximum atomic E-state index is 7.75. The first kappa shape index (κ1) is 18.7. The predicted molar refractivity (Wildman–Crippen MR) is 90.2 cm³/mol. The van der Waals surface area contributed by atoms with E-state index < -0.39 is 0 Å². The molecule has 2 aromatic heterocycles. The topological polar surface area (TPSA) is 42.9 Å². The van der Waals surface area contributed by atoms with E-state index in [1.165, 1.54) is 10.8 Å². The third-order valence-electron chi connectivity index (χ3n) is 3.02. The Morgan fingerprint density at radius 1 is 0.565 bits per heavy atom. The first-order valence-electron chi connectivity index (χ1n) is 6.76. The molecular weight excluding hydrogens is 368 g/mol. The molecule has 0 saturated heterocycles. The van der Waals surface area contributed by atoms with Gasteiger partial charge in [-0.3, -0.25) is 16.8 Å². The molecule has 0 aliphatic heterocycles. The van der Waals surface area contributed by atoms with Crippen LogP contribution in [0, 0.1) is 0 Å². The van der Waals surface area contributed by atoms with Gasteiger partial charge in [-0.15, -0.1) is 0 Å². The Hall–Kier alpha value is -2.38. The van der Waals surface area contributed by atoms with Crippen molar-refractivity contribution in [3.8, 4) is 0 Å². The first-order chi connectivity index (χ1) is 10.9. The molecule has 3 nitrogen and oxygen atoms in total. The molecule has 0 N–H and O–H groups in total. The third kappa shape index (κ3) is 5.39. The van der Waals surface area contributed by atoms with Gasteiger partial charge in [0.05, 0.1) is 11.0 Å². The molecule has 0 amide bonds. The van der Waals surface area contributed by atoms with E-state index in [4.69, 9.17) is 4.79 Å². The molecule has 0 spiro atoms. The molecule has 0 radical (unpaired) electrons. The maximum Gasteiger partial charge on any atom is 0.0701 e. The van der Waals surface area contributed by atoms with E-state index in [0.717, 1.165) is 11.0 Å². The summed E-state index contributed by atoms with van der Waals surface area (Å²) in [6.45, 7) is 3.25. The van der Waals surface area contributed by atoms with Crippen LogP contribution in [0.1, 0.15) is 0 Å². The Labute approximate surface area is 149 Å². The first-order valence-corrected chi connectivity index (χ1v) is 6.76. The van der Waals surface area contributed by atoms with Crippen LogP contribution < -0.4 is 0 Å². The summed E-state index contributed by atoms with van der Waals surface area (Å²) < 4.78 is 0. The van der Waals surface area contributed by atoms with Gasteiger partial charge in [0, 0.05) is 44.2 Å². The quantitative estimate of drug-likeness (QED) is 0.260. The van der Waals surface area contributed by atoms with Crippen LogP contribution in [0.15, 0.2) is 85.2 Å². The van der Waals surface area contributed by atoms with Crippen molar-refractivity contribution < 1.29 is 25.9 Å². The molecule has 4 aromatic rings. The van der Waals surface area contributed by atoms with Gasteiger partial charge in [-0.2, -0.15) is 0 Å². The maximum absolute atomic E-state index is 7.75. The number of hydrogen-bond acceptors (Lipinski definition) is 3. The number of benzene rings is 2. The van der Waals surface area contributed by atoms with E-state index in [2.05, 4.69) is 41.0 Å². The largest absolute Gasteiger partial charge is 0.545 e.